The molecule has 3 fully saturated rings. The molecular formula is C17H28N2O. The Kier molecular flexibility index (Phi) is 4.63. The first-order valence-electron chi connectivity index (χ1n) is 8.59. The van der Waals surface area contributed by atoms with E-state index < -0.39 is 0 Å². The predicted octanol–water partition coefficient (Wildman–Crippen LogP) is 3.40. The van der Waals surface area contributed by atoms with Gasteiger partial charge >= 0.3 is 0 Å². The van der Waals surface area contributed by atoms with E-state index in [9.17, 15) is 5.26 Å². The van der Waals surface area contributed by atoms with Crippen LogP contribution in [0.3, 0.4) is 0 Å². The molecule has 1 N–H and O–H groups in total. The van der Waals surface area contributed by atoms with Crippen LogP contribution in [-0.4, -0.2) is 24.8 Å². The highest BCUT2D eigenvalue weighted by atomic mass is 16.5. The smallest absolute Gasteiger partial charge is 0.109 e. The first-order valence-corrected chi connectivity index (χ1v) is 8.59. The molecule has 3 aliphatic carbocycles. The molecule has 0 amide bonds. The highest BCUT2D eigenvalue weighted by Crippen LogP contribution is 2.40. The molecule has 3 heteroatoms. The van der Waals surface area contributed by atoms with Gasteiger partial charge in [0.1, 0.15) is 5.54 Å². The first kappa shape index (κ1) is 14.4. The topological polar surface area (TPSA) is 45.0 Å². The average molecular weight is 276 g/mol. The summed E-state index contributed by atoms with van der Waals surface area (Å²) in [5.74, 6) is 1.44. The molecule has 3 aliphatic rings. The summed E-state index contributed by atoms with van der Waals surface area (Å²) in [6.07, 6.45) is 12.5. The zero-order chi connectivity index (χ0) is 13.8. The SMILES string of the molecule is N#CC1(NC2CC2)CCCC1CCOCCC1CCC1. The van der Waals surface area contributed by atoms with Crippen LogP contribution in [-0.2, 0) is 4.74 Å². The normalized spacial score (nSPS) is 33.9. The lowest BCUT2D eigenvalue weighted by molar-refractivity contribution is 0.0897. The fraction of sp³-hybridized carbons (Fsp3) is 0.941. The molecule has 2 atom stereocenters. The van der Waals surface area contributed by atoms with Gasteiger partial charge in [0, 0.05) is 19.3 Å². The summed E-state index contributed by atoms with van der Waals surface area (Å²) in [4.78, 5) is 0. The van der Waals surface area contributed by atoms with Crippen molar-refractivity contribution in [2.24, 2.45) is 11.8 Å². The van der Waals surface area contributed by atoms with Gasteiger partial charge in [0.05, 0.1) is 6.07 Å². The largest absolute Gasteiger partial charge is 0.381 e. The van der Waals surface area contributed by atoms with Crippen LogP contribution in [0.5, 0.6) is 0 Å². The Morgan fingerprint density at radius 2 is 1.85 bits per heavy atom. The molecule has 2 unspecified atom stereocenters. The number of nitriles is 1. The van der Waals surface area contributed by atoms with Crippen molar-refractivity contribution in [3.05, 3.63) is 0 Å². The summed E-state index contributed by atoms with van der Waals surface area (Å²) >= 11 is 0. The van der Waals surface area contributed by atoms with Crippen molar-refractivity contribution in [2.75, 3.05) is 13.2 Å². The van der Waals surface area contributed by atoms with E-state index in [1.807, 2.05) is 0 Å². The van der Waals surface area contributed by atoms with Crippen molar-refractivity contribution in [2.45, 2.75) is 75.8 Å². The zero-order valence-corrected chi connectivity index (χ0v) is 12.6. The van der Waals surface area contributed by atoms with Crippen molar-refractivity contribution in [3.8, 4) is 6.07 Å². The Morgan fingerprint density at radius 3 is 2.50 bits per heavy atom. The van der Waals surface area contributed by atoms with E-state index in [-0.39, 0.29) is 5.54 Å². The Morgan fingerprint density at radius 1 is 1.05 bits per heavy atom. The minimum absolute atomic E-state index is 0.238. The van der Waals surface area contributed by atoms with Gasteiger partial charge in [0.15, 0.2) is 0 Å². The fourth-order valence-corrected chi connectivity index (χ4v) is 3.79. The van der Waals surface area contributed by atoms with Gasteiger partial charge in [0.25, 0.3) is 0 Å². The third kappa shape index (κ3) is 3.35. The summed E-state index contributed by atoms with van der Waals surface area (Å²) in [5, 5.41) is 13.3. The van der Waals surface area contributed by atoms with Crippen LogP contribution in [0.25, 0.3) is 0 Å². The average Bonchev–Trinajstić information content (AvgIpc) is 3.12. The summed E-state index contributed by atoms with van der Waals surface area (Å²) in [7, 11) is 0. The lowest BCUT2D eigenvalue weighted by atomic mass is 9.83. The fourth-order valence-electron chi connectivity index (χ4n) is 3.79. The van der Waals surface area contributed by atoms with Crippen molar-refractivity contribution < 1.29 is 4.74 Å². The van der Waals surface area contributed by atoms with Crippen LogP contribution in [0.4, 0.5) is 0 Å². The molecule has 112 valence electrons. The van der Waals surface area contributed by atoms with Crippen LogP contribution < -0.4 is 5.32 Å². The maximum Gasteiger partial charge on any atom is 0.109 e. The van der Waals surface area contributed by atoms with Crippen molar-refractivity contribution in [3.63, 3.8) is 0 Å². The van der Waals surface area contributed by atoms with Gasteiger partial charge in [-0.25, -0.2) is 0 Å². The van der Waals surface area contributed by atoms with Crippen molar-refractivity contribution in [1.82, 2.24) is 5.32 Å². The lowest BCUT2D eigenvalue weighted by Gasteiger charge is -2.30. The molecule has 0 aromatic carbocycles. The van der Waals surface area contributed by atoms with E-state index in [1.54, 1.807) is 0 Å². The molecule has 0 heterocycles. The number of ether oxygens (including phenoxy) is 1. The van der Waals surface area contributed by atoms with Crippen LogP contribution in [0, 0.1) is 23.2 Å². The second-order valence-electron chi connectivity index (χ2n) is 7.08. The molecule has 0 aromatic heterocycles. The third-order valence-corrected chi connectivity index (χ3v) is 5.57. The molecule has 0 spiro atoms. The summed E-state index contributed by atoms with van der Waals surface area (Å²) in [6, 6.07) is 3.23. The highest BCUT2D eigenvalue weighted by molar-refractivity contribution is 5.16. The molecule has 3 rings (SSSR count). The van der Waals surface area contributed by atoms with Crippen LogP contribution in [0.15, 0.2) is 0 Å². The maximum atomic E-state index is 9.63. The van der Waals surface area contributed by atoms with Gasteiger partial charge in [-0.3, -0.25) is 5.32 Å². The standard InChI is InChI=1S/C17H28N2O/c18-13-17(19-16-6-7-16)10-2-5-15(17)9-12-20-11-8-14-3-1-4-14/h14-16,19H,1-12H2. The van der Waals surface area contributed by atoms with E-state index in [4.69, 9.17) is 4.74 Å². The van der Waals surface area contributed by atoms with E-state index in [0.29, 0.717) is 12.0 Å². The van der Waals surface area contributed by atoms with Crippen molar-refractivity contribution >= 4 is 0 Å². The zero-order valence-electron chi connectivity index (χ0n) is 12.6. The number of nitrogens with zero attached hydrogens (tertiary/aromatic N) is 1. The van der Waals surface area contributed by atoms with E-state index >= 15 is 0 Å². The molecule has 0 radical (unpaired) electrons. The summed E-state index contributed by atoms with van der Waals surface area (Å²) in [5.41, 5.74) is -0.238. The second-order valence-corrected chi connectivity index (χ2v) is 7.08. The number of rotatable bonds is 8. The van der Waals surface area contributed by atoms with Crippen LogP contribution in [0.1, 0.15) is 64.2 Å². The second kappa shape index (κ2) is 6.45. The molecule has 3 saturated carbocycles. The number of nitrogens with one attached hydrogen (secondary N) is 1. The van der Waals surface area contributed by atoms with Gasteiger partial charge in [0.2, 0.25) is 0 Å². The summed E-state index contributed by atoms with van der Waals surface area (Å²) < 4.78 is 5.82. The van der Waals surface area contributed by atoms with Crippen LogP contribution in [0.2, 0.25) is 0 Å². The van der Waals surface area contributed by atoms with E-state index in [0.717, 1.165) is 32.0 Å². The highest BCUT2D eigenvalue weighted by Gasteiger charge is 2.45. The molecule has 3 nitrogen and oxygen atoms in total. The Hall–Kier alpha value is -0.590. The number of hydrogen-bond donors (Lipinski definition) is 1. The molecule has 0 bridgehead atoms. The monoisotopic (exact) mass is 276 g/mol. The van der Waals surface area contributed by atoms with Gasteiger partial charge < -0.3 is 4.74 Å². The molecule has 0 saturated heterocycles. The maximum absolute atomic E-state index is 9.63. The van der Waals surface area contributed by atoms with Crippen LogP contribution >= 0.6 is 0 Å². The van der Waals surface area contributed by atoms with Crippen molar-refractivity contribution in [1.29, 1.82) is 5.26 Å². The minimum atomic E-state index is -0.238. The number of hydrogen-bond acceptors (Lipinski definition) is 3. The quantitative estimate of drug-likeness (QED) is 0.691. The molecular weight excluding hydrogens is 248 g/mol. The first-order chi connectivity index (χ1) is 9.82. The Balaban J connectivity index is 1.37. The van der Waals surface area contributed by atoms with E-state index in [2.05, 4.69) is 11.4 Å². The lowest BCUT2D eigenvalue weighted by Crippen LogP contribution is -2.48. The predicted molar refractivity (Wildman–Crippen MR) is 79.2 cm³/mol. The molecule has 0 aliphatic heterocycles. The molecule has 20 heavy (non-hydrogen) atoms. The van der Waals surface area contributed by atoms with E-state index in [1.165, 1.54) is 51.4 Å². The third-order valence-electron chi connectivity index (χ3n) is 5.57. The van der Waals surface area contributed by atoms with Gasteiger partial charge in [-0.05, 0) is 50.4 Å². The summed E-state index contributed by atoms with van der Waals surface area (Å²) in [6.45, 7) is 1.76. The van der Waals surface area contributed by atoms with Gasteiger partial charge in [-0.15, -0.1) is 0 Å². The minimum Gasteiger partial charge on any atom is -0.381 e. The Labute approximate surface area is 123 Å². The molecule has 0 aromatic rings. The van der Waals surface area contributed by atoms with Gasteiger partial charge in [-0.1, -0.05) is 25.7 Å². The Bertz CT molecular complexity index is 356. The van der Waals surface area contributed by atoms with Gasteiger partial charge in [-0.2, -0.15) is 5.26 Å².